The second kappa shape index (κ2) is 4.89. The molecule has 0 aliphatic carbocycles. The van der Waals surface area contributed by atoms with Gasteiger partial charge in [0.05, 0.1) is 5.25 Å². The third-order valence-electron chi connectivity index (χ3n) is 2.42. The molecule has 0 radical (unpaired) electrons. The van der Waals surface area contributed by atoms with Crippen LogP contribution in [-0.2, 0) is 0 Å². The maximum Gasteiger partial charge on any atom is 0.176 e. The van der Waals surface area contributed by atoms with Gasteiger partial charge >= 0.3 is 0 Å². The van der Waals surface area contributed by atoms with Gasteiger partial charge < -0.3 is 0 Å². The SMILES string of the molecule is O=C(c1cc(Cl)ccc1Br)C1CCCS1. The van der Waals surface area contributed by atoms with Gasteiger partial charge in [0, 0.05) is 15.1 Å². The molecule has 0 amide bonds. The van der Waals surface area contributed by atoms with Crippen molar-refractivity contribution < 1.29 is 4.79 Å². The van der Waals surface area contributed by atoms with E-state index in [1.54, 1.807) is 23.9 Å². The van der Waals surface area contributed by atoms with Gasteiger partial charge in [-0.05, 0) is 36.8 Å². The monoisotopic (exact) mass is 304 g/mol. The second-order valence-electron chi connectivity index (χ2n) is 3.49. The average molecular weight is 306 g/mol. The molecule has 1 saturated heterocycles. The molecule has 1 atom stereocenters. The van der Waals surface area contributed by atoms with Gasteiger partial charge in [-0.15, -0.1) is 0 Å². The van der Waals surface area contributed by atoms with Crippen molar-refractivity contribution in [2.45, 2.75) is 18.1 Å². The van der Waals surface area contributed by atoms with Crippen molar-refractivity contribution in [2.75, 3.05) is 5.75 Å². The first kappa shape index (κ1) is 11.5. The maximum atomic E-state index is 12.1. The molecule has 0 saturated carbocycles. The van der Waals surface area contributed by atoms with E-state index in [1.165, 1.54) is 0 Å². The van der Waals surface area contributed by atoms with E-state index in [1.807, 2.05) is 6.07 Å². The lowest BCUT2D eigenvalue weighted by Gasteiger charge is -2.09. The Hall–Kier alpha value is 0.01000. The van der Waals surface area contributed by atoms with Gasteiger partial charge in [0.25, 0.3) is 0 Å². The fourth-order valence-electron chi connectivity index (χ4n) is 1.64. The van der Waals surface area contributed by atoms with Crippen LogP contribution in [0.3, 0.4) is 0 Å². The summed E-state index contributed by atoms with van der Waals surface area (Å²) in [5.74, 6) is 1.29. The summed E-state index contributed by atoms with van der Waals surface area (Å²) in [6, 6.07) is 5.35. The molecule has 0 aromatic heterocycles. The molecule has 1 aromatic rings. The van der Waals surface area contributed by atoms with Gasteiger partial charge in [-0.3, -0.25) is 4.79 Å². The molecule has 1 unspecified atom stereocenters. The molecule has 1 nitrogen and oxygen atoms in total. The molecule has 15 heavy (non-hydrogen) atoms. The van der Waals surface area contributed by atoms with E-state index in [0.29, 0.717) is 10.6 Å². The van der Waals surface area contributed by atoms with Gasteiger partial charge in [0.1, 0.15) is 0 Å². The average Bonchev–Trinajstić information content (AvgIpc) is 2.74. The van der Waals surface area contributed by atoms with Crippen LogP contribution in [0.5, 0.6) is 0 Å². The maximum absolute atomic E-state index is 12.1. The molecule has 1 aliphatic rings. The Bertz CT molecular complexity index is 388. The number of rotatable bonds is 2. The Labute approximate surface area is 107 Å². The number of Topliss-reactive ketones (excluding diaryl/α,β-unsaturated/α-hetero) is 1. The molecule has 1 aliphatic heterocycles. The van der Waals surface area contributed by atoms with Crippen LogP contribution in [0.1, 0.15) is 23.2 Å². The Morgan fingerprint density at radius 2 is 2.33 bits per heavy atom. The molecule has 0 N–H and O–H groups in total. The lowest BCUT2D eigenvalue weighted by molar-refractivity contribution is 0.0988. The van der Waals surface area contributed by atoms with Crippen LogP contribution in [0.4, 0.5) is 0 Å². The normalized spacial score (nSPS) is 20.5. The van der Waals surface area contributed by atoms with Gasteiger partial charge in [0.2, 0.25) is 0 Å². The minimum Gasteiger partial charge on any atom is -0.293 e. The van der Waals surface area contributed by atoms with Crippen LogP contribution in [0.25, 0.3) is 0 Å². The van der Waals surface area contributed by atoms with E-state index >= 15 is 0 Å². The van der Waals surface area contributed by atoms with Crippen molar-refractivity contribution >= 4 is 45.1 Å². The summed E-state index contributed by atoms with van der Waals surface area (Å²) < 4.78 is 0.837. The number of thioether (sulfide) groups is 1. The van der Waals surface area contributed by atoms with E-state index in [4.69, 9.17) is 11.6 Å². The molecule has 1 aromatic carbocycles. The highest BCUT2D eigenvalue weighted by atomic mass is 79.9. The Morgan fingerprint density at radius 3 is 3.00 bits per heavy atom. The molecule has 80 valence electrons. The number of benzene rings is 1. The summed E-state index contributed by atoms with van der Waals surface area (Å²) in [5, 5.41) is 0.740. The number of carbonyl (C=O) groups excluding carboxylic acids is 1. The van der Waals surface area contributed by atoms with Crippen LogP contribution in [0.15, 0.2) is 22.7 Å². The van der Waals surface area contributed by atoms with Crippen LogP contribution < -0.4 is 0 Å². The molecular formula is C11H10BrClOS. The number of hydrogen-bond acceptors (Lipinski definition) is 2. The van der Waals surface area contributed by atoms with Crippen molar-refractivity contribution in [3.05, 3.63) is 33.3 Å². The zero-order chi connectivity index (χ0) is 10.8. The van der Waals surface area contributed by atoms with Gasteiger partial charge in [-0.25, -0.2) is 0 Å². The quantitative estimate of drug-likeness (QED) is 0.762. The van der Waals surface area contributed by atoms with Crippen LogP contribution >= 0.6 is 39.3 Å². The Morgan fingerprint density at radius 1 is 1.53 bits per heavy atom. The standard InChI is InChI=1S/C11H10BrClOS/c12-9-4-3-7(13)6-8(9)11(14)10-2-1-5-15-10/h3-4,6,10H,1-2,5H2. The van der Waals surface area contributed by atoms with E-state index in [-0.39, 0.29) is 11.0 Å². The first-order valence-corrected chi connectivity index (χ1v) is 7.01. The van der Waals surface area contributed by atoms with E-state index in [9.17, 15) is 4.79 Å². The first-order chi connectivity index (χ1) is 7.18. The fourth-order valence-corrected chi connectivity index (χ4v) is 3.49. The summed E-state index contributed by atoms with van der Waals surface area (Å²) in [4.78, 5) is 12.1. The lowest BCUT2D eigenvalue weighted by atomic mass is 10.1. The number of halogens is 2. The highest BCUT2D eigenvalue weighted by molar-refractivity contribution is 9.10. The smallest absolute Gasteiger partial charge is 0.176 e. The highest BCUT2D eigenvalue weighted by Crippen LogP contribution is 2.32. The lowest BCUT2D eigenvalue weighted by Crippen LogP contribution is -2.14. The Kier molecular flexibility index (Phi) is 3.75. The van der Waals surface area contributed by atoms with Crippen molar-refractivity contribution in [1.29, 1.82) is 0 Å². The predicted octanol–water partition coefficient (Wildman–Crippen LogP) is 4.18. The fraction of sp³-hybridized carbons (Fsp3) is 0.364. The molecule has 2 rings (SSSR count). The summed E-state index contributed by atoms with van der Waals surface area (Å²) in [7, 11) is 0. The molecule has 0 spiro atoms. The summed E-state index contributed by atoms with van der Waals surface area (Å²) >= 11 is 11.0. The summed E-state index contributed by atoms with van der Waals surface area (Å²) in [5.41, 5.74) is 0.710. The van der Waals surface area contributed by atoms with Gasteiger partial charge in [-0.1, -0.05) is 27.5 Å². The van der Waals surface area contributed by atoms with Crippen molar-refractivity contribution in [2.24, 2.45) is 0 Å². The number of ketones is 1. The van der Waals surface area contributed by atoms with Crippen LogP contribution in [0.2, 0.25) is 5.02 Å². The predicted molar refractivity (Wildman–Crippen MR) is 69.0 cm³/mol. The Balaban J connectivity index is 2.27. The van der Waals surface area contributed by atoms with Gasteiger partial charge in [-0.2, -0.15) is 11.8 Å². The summed E-state index contributed by atoms with van der Waals surface area (Å²) in [6.45, 7) is 0. The van der Waals surface area contributed by atoms with Gasteiger partial charge in [0.15, 0.2) is 5.78 Å². The van der Waals surface area contributed by atoms with Crippen molar-refractivity contribution in [3.63, 3.8) is 0 Å². The molecule has 4 heteroatoms. The molecular weight excluding hydrogens is 296 g/mol. The third-order valence-corrected chi connectivity index (χ3v) is 4.72. The van der Waals surface area contributed by atoms with E-state index < -0.39 is 0 Å². The highest BCUT2D eigenvalue weighted by Gasteiger charge is 2.25. The van der Waals surface area contributed by atoms with Crippen LogP contribution in [-0.4, -0.2) is 16.8 Å². The second-order valence-corrected chi connectivity index (χ2v) is 6.09. The number of carbonyl (C=O) groups is 1. The zero-order valence-electron chi connectivity index (χ0n) is 8.00. The van der Waals surface area contributed by atoms with Crippen molar-refractivity contribution in [3.8, 4) is 0 Å². The minimum atomic E-state index is 0.125. The van der Waals surface area contributed by atoms with Crippen molar-refractivity contribution in [1.82, 2.24) is 0 Å². The first-order valence-electron chi connectivity index (χ1n) is 4.79. The minimum absolute atomic E-state index is 0.125. The third kappa shape index (κ3) is 2.58. The van der Waals surface area contributed by atoms with E-state index in [2.05, 4.69) is 15.9 Å². The molecule has 1 fully saturated rings. The van der Waals surface area contributed by atoms with E-state index in [0.717, 1.165) is 23.1 Å². The topological polar surface area (TPSA) is 17.1 Å². The molecule has 0 bridgehead atoms. The van der Waals surface area contributed by atoms with Crippen LogP contribution in [0, 0.1) is 0 Å². The zero-order valence-corrected chi connectivity index (χ0v) is 11.2. The number of hydrogen-bond donors (Lipinski definition) is 0. The summed E-state index contributed by atoms with van der Waals surface area (Å²) in [6.07, 6.45) is 2.13. The largest absolute Gasteiger partial charge is 0.293 e. The molecule has 1 heterocycles.